The average molecular weight is 375 g/mol. The number of phenols is 1. The molecule has 0 fully saturated rings. The van der Waals surface area contributed by atoms with E-state index in [4.69, 9.17) is 5.11 Å². The molecule has 3 aromatic rings. The Bertz CT molecular complexity index is 913. The maximum atomic E-state index is 12.8. The van der Waals surface area contributed by atoms with Crippen molar-refractivity contribution in [2.75, 3.05) is 6.54 Å². The summed E-state index contributed by atoms with van der Waals surface area (Å²) in [7, 11) is 0. The molecule has 0 aromatic heterocycles. The van der Waals surface area contributed by atoms with Gasteiger partial charge in [0.2, 0.25) is 0 Å². The van der Waals surface area contributed by atoms with Crippen LogP contribution in [-0.4, -0.2) is 33.4 Å². The van der Waals surface area contributed by atoms with Gasteiger partial charge >= 0.3 is 5.97 Å². The van der Waals surface area contributed by atoms with E-state index < -0.39 is 5.97 Å². The van der Waals surface area contributed by atoms with Crippen molar-refractivity contribution in [2.45, 2.75) is 13.1 Å². The second kappa shape index (κ2) is 8.97. The molecule has 3 aromatic carbocycles. The molecule has 0 radical (unpaired) electrons. The molecule has 0 aliphatic rings. The van der Waals surface area contributed by atoms with Crippen LogP contribution in [0.4, 0.5) is 0 Å². The molecular formula is C23H21NO4. The number of ketones is 1. The Morgan fingerprint density at radius 2 is 1.32 bits per heavy atom. The smallest absolute Gasteiger partial charge is 0.339 e. The summed E-state index contributed by atoms with van der Waals surface area (Å²) in [6, 6.07) is 23.7. The number of nitrogens with zero attached hydrogens (tertiary/aromatic N) is 1. The first-order chi connectivity index (χ1) is 13.5. The first kappa shape index (κ1) is 19.3. The Labute approximate surface area is 163 Å². The number of carboxylic acid groups (broad SMARTS) is 1. The molecule has 0 saturated carbocycles. The van der Waals surface area contributed by atoms with Crippen LogP contribution in [0.5, 0.6) is 5.75 Å². The van der Waals surface area contributed by atoms with E-state index in [-0.39, 0.29) is 29.2 Å². The normalized spacial score (nSPS) is 10.8. The van der Waals surface area contributed by atoms with Crippen LogP contribution in [0.25, 0.3) is 0 Å². The average Bonchev–Trinajstić information content (AvgIpc) is 2.69. The van der Waals surface area contributed by atoms with Gasteiger partial charge in [-0.1, -0.05) is 60.7 Å². The Hall–Kier alpha value is -3.44. The van der Waals surface area contributed by atoms with Gasteiger partial charge in [0.05, 0.1) is 6.54 Å². The molecule has 142 valence electrons. The topological polar surface area (TPSA) is 77.8 Å². The number of Topliss-reactive ketones (excluding diaryl/α,β-unsaturated/α-hetero) is 1. The van der Waals surface area contributed by atoms with E-state index in [0.29, 0.717) is 13.1 Å². The van der Waals surface area contributed by atoms with Crippen LogP contribution >= 0.6 is 0 Å². The number of hydrogen-bond donors (Lipinski definition) is 2. The van der Waals surface area contributed by atoms with Gasteiger partial charge in [-0.15, -0.1) is 0 Å². The van der Waals surface area contributed by atoms with Crippen LogP contribution in [0, 0.1) is 0 Å². The number of carbonyl (C=O) groups is 2. The van der Waals surface area contributed by atoms with Gasteiger partial charge < -0.3 is 10.2 Å². The van der Waals surface area contributed by atoms with E-state index in [1.807, 2.05) is 65.6 Å². The van der Waals surface area contributed by atoms with Crippen molar-refractivity contribution in [2.24, 2.45) is 0 Å². The van der Waals surface area contributed by atoms with Gasteiger partial charge in [0.15, 0.2) is 5.78 Å². The monoisotopic (exact) mass is 375 g/mol. The van der Waals surface area contributed by atoms with Crippen molar-refractivity contribution in [3.8, 4) is 5.75 Å². The highest BCUT2D eigenvalue weighted by Crippen LogP contribution is 2.19. The van der Waals surface area contributed by atoms with Crippen molar-refractivity contribution in [3.63, 3.8) is 0 Å². The van der Waals surface area contributed by atoms with Crippen LogP contribution in [0.1, 0.15) is 31.8 Å². The van der Waals surface area contributed by atoms with Crippen molar-refractivity contribution in [1.29, 1.82) is 0 Å². The highest BCUT2D eigenvalue weighted by Gasteiger charge is 2.17. The Kier molecular flexibility index (Phi) is 6.19. The number of aromatic hydroxyl groups is 1. The molecule has 3 rings (SSSR count). The lowest BCUT2D eigenvalue weighted by atomic mass is 10.1. The largest absolute Gasteiger partial charge is 0.507 e. The van der Waals surface area contributed by atoms with Crippen molar-refractivity contribution in [3.05, 3.63) is 101 Å². The zero-order chi connectivity index (χ0) is 19.9. The predicted molar refractivity (Wildman–Crippen MR) is 106 cm³/mol. The van der Waals surface area contributed by atoms with Gasteiger partial charge in [-0.2, -0.15) is 0 Å². The molecule has 2 N–H and O–H groups in total. The number of benzene rings is 3. The summed E-state index contributed by atoms with van der Waals surface area (Å²) < 4.78 is 0. The summed E-state index contributed by atoms with van der Waals surface area (Å²) in [5, 5.41) is 18.8. The second-order valence-electron chi connectivity index (χ2n) is 6.58. The summed E-state index contributed by atoms with van der Waals surface area (Å²) in [6.07, 6.45) is 0. The second-order valence-corrected chi connectivity index (χ2v) is 6.58. The summed E-state index contributed by atoms with van der Waals surface area (Å²) in [5.41, 5.74) is 2.16. The van der Waals surface area contributed by atoms with Crippen molar-refractivity contribution in [1.82, 2.24) is 4.90 Å². The lowest BCUT2D eigenvalue weighted by molar-refractivity contribution is 0.0693. The van der Waals surface area contributed by atoms with Crippen molar-refractivity contribution >= 4 is 11.8 Å². The minimum atomic E-state index is -1.27. The fourth-order valence-electron chi connectivity index (χ4n) is 3.03. The molecule has 0 spiro atoms. The van der Waals surface area contributed by atoms with Gasteiger partial charge in [0.25, 0.3) is 0 Å². The number of carbonyl (C=O) groups excluding carboxylic acids is 1. The molecular weight excluding hydrogens is 354 g/mol. The third-order valence-electron chi connectivity index (χ3n) is 4.41. The van der Waals surface area contributed by atoms with Gasteiger partial charge in [-0.3, -0.25) is 9.69 Å². The highest BCUT2D eigenvalue weighted by atomic mass is 16.4. The van der Waals surface area contributed by atoms with Crippen LogP contribution in [-0.2, 0) is 13.1 Å². The molecule has 5 nitrogen and oxygen atoms in total. The standard InChI is InChI=1S/C23H21NO4/c25-21-12-11-19(13-20(21)23(27)28)22(26)16-24(14-17-7-3-1-4-8-17)15-18-9-5-2-6-10-18/h1-13,25H,14-16H2,(H,27,28). The Morgan fingerprint density at radius 1 is 0.786 bits per heavy atom. The van der Waals surface area contributed by atoms with Crippen LogP contribution in [0.2, 0.25) is 0 Å². The lowest BCUT2D eigenvalue weighted by Gasteiger charge is -2.22. The van der Waals surface area contributed by atoms with E-state index in [1.54, 1.807) is 0 Å². The first-order valence-electron chi connectivity index (χ1n) is 8.92. The van der Waals surface area contributed by atoms with Crippen LogP contribution < -0.4 is 0 Å². The third kappa shape index (κ3) is 5.05. The Balaban J connectivity index is 1.81. The molecule has 5 heteroatoms. The maximum absolute atomic E-state index is 12.8. The summed E-state index contributed by atoms with van der Waals surface area (Å²) in [4.78, 5) is 26.0. The minimum Gasteiger partial charge on any atom is -0.507 e. The summed E-state index contributed by atoms with van der Waals surface area (Å²) in [6.45, 7) is 1.31. The lowest BCUT2D eigenvalue weighted by Crippen LogP contribution is -2.29. The molecule has 0 amide bonds. The quantitative estimate of drug-likeness (QED) is 0.583. The van der Waals surface area contributed by atoms with Gasteiger partial charge in [0, 0.05) is 18.7 Å². The van der Waals surface area contributed by atoms with E-state index >= 15 is 0 Å². The third-order valence-corrected chi connectivity index (χ3v) is 4.41. The number of hydrogen-bond acceptors (Lipinski definition) is 4. The highest BCUT2D eigenvalue weighted by molar-refractivity contribution is 6.01. The zero-order valence-corrected chi connectivity index (χ0v) is 15.3. The van der Waals surface area contributed by atoms with E-state index in [1.165, 1.54) is 18.2 Å². The number of aromatic carboxylic acids is 1. The molecule has 0 unspecified atom stereocenters. The zero-order valence-electron chi connectivity index (χ0n) is 15.3. The molecule has 0 atom stereocenters. The minimum absolute atomic E-state index is 0.133. The summed E-state index contributed by atoms with van der Waals surface area (Å²) >= 11 is 0. The number of carboxylic acids is 1. The molecule has 28 heavy (non-hydrogen) atoms. The molecule has 0 aliphatic carbocycles. The molecule has 0 aliphatic heterocycles. The van der Waals surface area contributed by atoms with Gasteiger partial charge in [-0.05, 0) is 29.3 Å². The number of rotatable bonds is 8. The van der Waals surface area contributed by atoms with Crippen LogP contribution in [0.3, 0.4) is 0 Å². The summed E-state index contributed by atoms with van der Waals surface area (Å²) in [5.74, 6) is -1.82. The van der Waals surface area contributed by atoms with E-state index in [9.17, 15) is 14.7 Å². The van der Waals surface area contributed by atoms with E-state index in [0.717, 1.165) is 11.1 Å². The molecule has 0 heterocycles. The van der Waals surface area contributed by atoms with Gasteiger partial charge in [0.1, 0.15) is 11.3 Å². The van der Waals surface area contributed by atoms with Crippen molar-refractivity contribution < 1.29 is 19.8 Å². The SMILES string of the molecule is O=C(CN(Cc1ccccc1)Cc1ccccc1)c1ccc(O)c(C(=O)O)c1. The van der Waals surface area contributed by atoms with Crippen LogP contribution in [0.15, 0.2) is 78.9 Å². The molecule has 0 bridgehead atoms. The fraction of sp³-hybridized carbons (Fsp3) is 0.130. The predicted octanol–water partition coefficient (Wildman–Crippen LogP) is 3.98. The maximum Gasteiger partial charge on any atom is 0.339 e. The fourth-order valence-corrected chi connectivity index (χ4v) is 3.03. The first-order valence-corrected chi connectivity index (χ1v) is 8.92. The Morgan fingerprint density at radius 3 is 1.82 bits per heavy atom. The molecule has 0 saturated heterocycles. The van der Waals surface area contributed by atoms with Gasteiger partial charge in [-0.25, -0.2) is 4.79 Å². The van der Waals surface area contributed by atoms with E-state index in [2.05, 4.69) is 0 Å².